The van der Waals surface area contributed by atoms with Gasteiger partial charge in [0.25, 0.3) is 0 Å². The third-order valence-corrected chi connectivity index (χ3v) is 4.60. The van der Waals surface area contributed by atoms with E-state index in [2.05, 4.69) is 28.3 Å². The van der Waals surface area contributed by atoms with Crippen molar-refractivity contribution in [1.29, 1.82) is 0 Å². The molecule has 24 heavy (non-hydrogen) atoms. The zero-order valence-electron chi connectivity index (χ0n) is 13.5. The molecule has 1 aromatic carbocycles. The van der Waals surface area contributed by atoms with Crippen LogP contribution >= 0.6 is 11.3 Å². The first-order chi connectivity index (χ1) is 11.8. The molecule has 5 nitrogen and oxygen atoms in total. The van der Waals surface area contributed by atoms with Gasteiger partial charge in [-0.05, 0) is 30.7 Å². The van der Waals surface area contributed by atoms with Gasteiger partial charge in [0, 0.05) is 11.8 Å². The molecular formula is C18H19N3O2S. The molecule has 0 aliphatic rings. The summed E-state index contributed by atoms with van der Waals surface area (Å²) >= 11 is 1.64. The highest BCUT2D eigenvalue weighted by molar-refractivity contribution is 7.21. The number of ether oxygens (including phenoxy) is 1. The number of carbonyl (C=O) groups excluding carboxylic acids is 1. The van der Waals surface area contributed by atoms with Crippen molar-refractivity contribution in [2.75, 3.05) is 6.61 Å². The molecule has 2 heterocycles. The second-order valence-corrected chi connectivity index (χ2v) is 6.40. The standard InChI is InChI=1S/C18H19N3O2S/c1-2-3-10-23-18(22)20-12-14-9-8-13(11-19-14)17-21-15-6-4-5-7-16(15)24-17/h4-9,11H,2-3,10,12H2,1H3,(H,20,22). The van der Waals surface area contributed by atoms with Crippen LogP contribution in [0.25, 0.3) is 20.8 Å². The molecule has 1 amide bonds. The van der Waals surface area contributed by atoms with Crippen LogP contribution < -0.4 is 5.32 Å². The summed E-state index contributed by atoms with van der Waals surface area (Å²) in [6.45, 7) is 2.86. The minimum atomic E-state index is -0.402. The fourth-order valence-corrected chi connectivity index (χ4v) is 3.13. The average molecular weight is 341 g/mol. The first-order valence-corrected chi connectivity index (χ1v) is 8.79. The van der Waals surface area contributed by atoms with Gasteiger partial charge in [-0.2, -0.15) is 0 Å². The molecule has 0 spiro atoms. The van der Waals surface area contributed by atoms with E-state index in [9.17, 15) is 4.79 Å². The van der Waals surface area contributed by atoms with Crippen LogP contribution in [0.15, 0.2) is 42.6 Å². The van der Waals surface area contributed by atoms with Gasteiger partial charge in [0.2, 0.25) is 0 Å². The predicted molar refractivity (Wildman–Crippen MR) is 95.9 cm³/mol. The van der Waals surface area contributed by atoms with E-state index in [0.29, 0.717) is 13.2 Å². The van der Waals surface area contributed by atoms with Crippen LogP contribution in [-0.2, 0) is 11.3 Å². The van der Waals surface area contributed by atoms with Crippen LogP contribution in [0.2, 0.25) is 0 Å². The third kappa shape index (κ3) is 4.08. The number of nitrogens with zero attached hydrogens (tertiary/aromatic N) is 2. The van der Waals surface area contributed by atoms with Crippen LogP contribution in [0, 0.1) is 0 Å². The number of aromatic nitrogens is 2. The normalized spacial score (nSPS) is 10.7. The van der Waals surface area contributed by atoms with Gasteiger partial charge in [0.05, 0.1) is 29.1 Å². The zero-order valence-corrected chi connectivity index (χ0v) is 14.3. The zero-order chi connectivity index (χ0) is 16.8. The molecule has 6 heteroatoms. The highest BCUT2D eigenvalue weighted by atomic mass is 32.1. The Morgan fingerprint density at radius 3 is 2.88 bits per heavy atom. The van der Waals surface area contributed by atoms with Gasteiger partial charge in [-0.15, -0.1) is 11.3 Å². The van der Waals surface area contributed by atoms with Crippen molar-refractivity contribution >= 4 is 27.6 Å². The Hall–Kier alpha value is -2.47. The van der Waals surface area contributed by atoms with Gasteiger partial charge in [-0.1, -0.05) is 25.5 Å². The molecule has 0 aliphatic carbocycles. The maximum Gasteiger partial charge on any atom is 0.407 e. The summed E-state index contributed by atoms with van der Waals surface area (Å²) in [4.78, 5) is 20.5. The van der Waals surface area contributed by atoms with Crippen molar-refractivity contribution < 1.29 is 9.53 Å². The maximum absolute atomic E-state index is 11.5. The highest BCUT2D eigenvalue weighted by Crippen LogP contribution is 2.29. The third-order valence-electron chi connectivity index (χ3n) is 3.51. The molecule has 0 saturated heterocycles. The van der Waals surface area contributed by atoms with E-state index in [1.807, 2.05) is 30.3 Å². The van der Waals surface area contributed by atoms with Crippen molar-refractivity contribution in [3.05, 3.63) is 48.3 Å². The first-order valence-electron chi connectivity index (χ1n) is 7.98. The molecule has 0 aliphatic heterocycles. The van der Waals surface area contributed by atoms with E-state index in [-0.39, 0.29) is 0 Å². The summed E-state index contributed by atoms with van der Waals surface area (Å²) in [7, 11) is 0. The van der Waals surface area contributed by atoms with E-state index in [4.69, 9.17) is 4.74 Å². The molecule has 0 atom stereocenters. The number of hydrogen-bond acceptors (Lipinski definition) is 5. The van der Waals surface area contributed by atoms with E-state index in [1.165, 1.54) is 0 Å². The molecule has 3 aromatic rings. The number of para-hydroxylation sites is 1. The second kappa shape index (κ2) is 7.88. The number of carbonyl (C=O) groups is 1. The number of pyridine rings is 1. The van der Waals surface area contributed by atoms with Gasteiger partial charge in [-0.3, -0.25) is 4.98 Å². The molecule has 0 saturated carbocycles. The topological polar surface area (TPSA) is 64.1 Å². The lowest BCUT2D eigenvalue weighted by Gasteiger charge is -2.06. The van der Waals surface area contributed by atoms with Crippen molar-refractivity contribution in [2.45, 2.75) is 26.3 Å². The number of rotatable bonds is 6. The Labute approximate surface area is 144 Å². The van der Waals surface area contributed by atoms with Gasteiger partial charge < -0.3 is 10.1 Å². The smallest absolute Gasteiger partial charge is 0.407 e. The molecule has 0 unspecified atom stereocenters. The number of unbranched alkanes of at least 4 members (excludes halogenated alkanes) is 1. The lowest BCUT2D eigenvalue weighted by atomic mass is 10.2. The fourth-order valence-electron chi connectivity index (χ4n) is 2.17. The average Bonchev–Trinajstić information content (AvgIpc) is 3.05. The van der Waals surface area contributed by atoms with Crippen LogP contribution in [-0.4, -0.2) is 22.7 Å². The van der Waals surface area contributed by atoms with Crippen LogP contribution in [0.1, 0.15) is 25.5 Å². The number of nitrogens with one attached hydrogen (secondary N) is 1. The van der Waals surface area contributed by atoms with Gasteiger partial charge in [0.1, 0.15) is 5.01 Å². The van der Waals surface area contributed by atoms with Gasteiger partial charge >= 0.3 is 6.09 Å². The van der Waals surface area contributed by atoms with E-state index < -0.39 is 6.09 Å². The highest BCUT2D eigenvalue weighted by Gasteiger charge is 2.07. The number of benzene rings is 1. The summed E-state index contributed by atoms with van der Waals surface area (Å²) in [5.74, 6) is 0. The molecule has 0 radical (unpaired) electrons. The Balaban J connectivity index is 1.60. The Morgan fingerprint density at radius 1 is 1.25 bits per heavy atom. The van der Waals surface area contributed by atoms with Gasteiger partial charge in [-0.25, -0.2) is 9.78 Å². The maximum atomic E-state index is 11.5. The van der Waals surface area contributed by atoms with Crippen molar-refractivity contribution in [1.82, 2.24) is 15.3 Å². The van der Waals surface area contributed by atoms with E-state index >= 15 is 0 Å². The molecule has 1 N–H and O–H groups in total. The molecule has 3 rings (SSSR count). The summed E-state index contributed by atoms with van der Waals surface area (Å²) in [5, 5.41) is 3.65. The number of alkyl carbamates (subject to hydrolysis) is 1. The van der Waals surface area contributed by atoms with Crippen LogP contribution in [0.5, 0.6) is 0 Å². The van der Waals surface area contributed by atoms with E-state index in [1.54, 1.807) is 17.5 Å². The van der Waals surface area contributed by atoms with Crippen molar-refractivity contribution in [3.8, 4) is 10.6 Å². The molecule has 124 valence electrons. The summed E-state index contributed by atoms with van der Waals surface area (Å²) in [5.41, 5.74) is 2.76. The molecule has 0 fully saturated rings. The van der Waals surface area contributed by atoms with E-state index in [0.717, 1.165) is 39.3 Å². The Morgan fingerprint density at radius 2 is 2.12 bits per heavy atom. The fraction of sp³-hybridized carbons (Fsp3) is 0.278. The number of amides is 1. The molecule has 2 aromatic heterocycles. The SMILES string of the molecule is CCCCOC(=O)NCc1ccc(-c2nc3ccccc3s2)cn1. The summed E-state index contributed by atoms with van der Waals surface area (Å²) < 4.78 is 6.20. The van der Waals surface area contributed by atoms with Crippen molar-refractivity contribution in [2.24, 2.45) is 0 Å². The quantitative estimate of drug-likeness (QED) is 0.676. The predicted octanol–water partition coefficient (Wildman–Crippen LogP) is 4.38. The summed E-state index contributed by atoms with van der Waals surface area (Å²) in [6, 6.07) is 11.9. The van der Waals surface area contributed by atoms with Crippen LogP contribution in [0.3, 0.4) is 0 Å². The Kier molecular flexibility index (Phi) is 5.38. The second-order valence-electron chi connectivity index (χ2n) is 5.37. The molecule has 0 bridgehead atoms. The lowest BCUT2D eigenvalue weighted by molar-refractivity contribution is 0.144. The minimum Gasteiger partial charge on any atom is -0.450 e. The number of hydrogen-bond donors (Lipinski definition) is 1. The minimum absolute atomic E-state index is 0.352. The monoisotopic (exact) mass is 341 g/mol. The number of fused-ring (bicyclic) bond motifs is 1. The lowest BCUT2D eigenvalue weighted by Crippen LogP contribution is -2.24. The first kappa shape index (κ1) is 16.4. The summed E-state index contributed by atoms with van der Waals surface area (Å²) in [6.07, 6.45) is 3.27. The largest absolute Gasteiger partial charge is 0.450 e. The number of thiazole rings is 1. The van der Waals surface area contributed by atoms with Gasteiger partial charge in [0.15, 0.2) is 0 Å². The van der Waals surface area contributed by atoms with Crippen LogP contribution in [0.4, 0.5) is 4.79 Å². The molecular weight excluding hydrogens is 322 g/mol. The van der Waals surface area contributed by atoms with Crippen molar-refractivity contribution in [3.63, 3.8) is 0 Å². The Bertz CT molecular complexity index is 782.